The fourth-order valence-corrected chi connectivity index (χ4v) is 4.38. The van der Waals surface area contributed by atoms with E-state index >= 15 is 0 Å². The molecule has 29 heavy (non-hydrogen) atoms. The monoisotopic (exact) mass is 396 g/mol. The van der Waals surface area contributed by atoms with Crippen molar-refractivity contribution in [1.82, 2.24) is 9.97 Å². The molecule has 1 aromatic carbocycles. The Labute approximate surface area is 171 Å². The first-order valence-corrected chi connectivity index (χ1v) is 10.4. The van der Waals surface area contributed by atoms with E-state index in [0.717, 1.165) is 38.8 Å². The van der Waals surface area contributed by atoms with Crippen LogP contribution >= 0.6 is 0 Å². The molecule has 0 unspecified atom stereocenters. The number of hydrogen-bond acceptors (Lipinski definition) is 7. The molecule has 0 amide bonds. The lowest BCUT2D eigenvalue weighted by molar-refractivity contribution is -0.383. The molecule has 154 valence electrons. The molecule has 0 bridgehead atoms. The minimum absolute atomic E-state index is 0.000383. The Kier molecular flexibility index (Phi) is 5.51. The number of nitro groups is 1. The van der Waals surface area contributed by atoms with Gasteiger partial charge in [-0.2, -0.15) is 0 Å². The predicted molar refractivity (Wildman–Crippen MR) is 115 cm³/mol. The van der Waals surface area contributed by atoms with E-state index < -0.39 is 0 Å². The maximum atomic E-state index is 11.9. The Morgan fingerprint density at radius 2 is 1.76 bits per heavy atom. The molecule has 1 aromatic heterocycles. The van der Waals surface area contributed by atoms with Gasteiger partial charge < -0.3 is 15.1 Å². The lowest BCUT2D eigenvalue weighted by Gasteiger charge is -2.37. The number of piperazine rings is 1. The normalized spacial score (nSPS) is 17.6. The van der Waals surface area contributed by atoms with Crippen LogP contribution in [0, 0.1) is 24.0 Å². The van der Waals surface area contributed by atoms with E-state index in [1.807, 2.05) is 4.90 Å². The van der Waals surface area contributed by atoms with Gasteiger partial charge in [0.15, 0.2) is 0 Å². The number of anilines is 3. The third-order valence-corrected chi connectivity index (χ3v) is 6.18. The van der Waals surface area contributed by atoms with Gasteiger partial charge in [0, 0.05) is 37.9 Å². The van der Waals surface area contributed by atoms with Gasteiger partial charge in [-0.05, 0) is 43.9 Å². The minimum atomic E-state index is -0.344. The van der Waals surface area contributed by atoms with E-state index in [1.54, 1.807) is 0 Å². The summed E-state index contributed by atoms with van der Waals surface area (Å²) >= 11 is 0. The van der Waals surface area contributed by atoms with Gasteiger partial charge in [-0.1, -0.05) is 25.0 Å². The minimum Gasteiger partial charge on any atom is -0.368 e. The molecular formula is C21H28N6O2. The van der Waals surface area contributed by atoms with E-state index in [9.17, 15) is 10.1 Å². The summed E-state index contributed by atoms with van der Waals surface area (Å²) in [4.78, 5) is 24.4. The Bertz CT molecular complexity index is 889. The summed E-state index contributed by atoms with van der Waals surface area (Å²) in [5.41, 5.74) is 3.81. The van der Waals surface area contributed by atoms with Crippen LogP contribution in [-0.4, -0.2) is 47.1 Å². The molecule has 0 radical (unpaired) electrons. The van der Waals surface area contributed by atoms with Crippen LogP contribution in [0.15, 0.2) is 24.5 Å². The second-order valence-electron chi connectivity index (χ2n) is 7.97. The molecule has 4 rings (SSSR count). The summed E-state index contributed by atoms with van der Waals surface area (Å²) < 4.78 is 0. The molecular weight excluding hydrogens is 368 g/mol. The fourth-order valence-electron chi connectivity index (χ4n) is 4.38. The molecule has 2 aliphatic rings. The molecule has 1 saturated carbocycles. The molecule has 8 heteroatoms. The predicted octanol–water partition coefficient (Wildman–Crippen LogP) is 3.68. The smallest absolute Gasteiger partial charge is 0.353 e. The van der Waals surface area contributed by atoms with E-state index in [4.69, 9.17) is 0 Å². The van der Waals surface area contributed by atoms with Crippen LogP contribution in [0.2, 0.25) is 0 Å². The molecule has 1 saturated heterocycles. The van der Waals surface area contributed by atoms with Gasteiger partial charge >= 0.3 is 5.69 Å². The number of benzene rings is 1. The summed E-state index contributed by atoms with van der Waals surface area (Å²) in [6.07, 6.45) is 5.82. The first-order valence-electron chi connectivity index (χ1n) is 10.4. The molecule has 1 aliphatic carbocycles. The summed E-state index contributed by atoms with van der Waals surface area (Å²) in [6, 6.07) is 6.62. The second kappa shape index (κ2) is 8.23. The van der Waals surface area contributed by atoms with Gasteiger partial charge in [-0.15, -0.1) is 0 Å². The van der Waals surface area contributed by atoms with Gasteiger partial charge in [0.1, 0.15) is 6.33 Å². The number of nitrogens with one attached hydrogen (secondary N) is 1. The highest BCUT2D eigenvalue weighted by atomic mass is 16.6. The molecule has 2 heterocycles. The van der Waals surface area contributed by atoms with Crippen molar-refractivity contribution in [3.05, 3.63) is 45.8 Å². The lowest BCUT2D eigenvalue weighted by Crippen LogP contribution is -2.47. The molecule has 1 aliphatic heterocycles. The average Bonchev–Trinajstić information content (AvgIpc) is 3.23. The van der Waals surface area contributed by atoms with Crippen molar-refractivity contribution in [3.63, 3.8) is 0 Å². The molecule has 1 N–H and O–H groups in total. The van der Waals surface area contributed by atoms with Gasteiger partial charge in [0.05, 0.1) is 4.92 Å². The highest BCUT2D eigenvalue weighted by Crippen LogP contribution is 2.35. The molecule has 0 atom stereocenters. The van der Waals surface area contributed by atoms with Crippen molar-refractivity contribution < 1.29 is 4.92 Å². The van der Waals surface area contributed by atoms with Crippen molar-refractivity contribution in [2.45, 2.75) is 45.6 Å². The molecule has 2 aromatic rings. The van der Waals surface area contributed by atoms with E-state index in [0.29, 0.717) is 24.7 Å². The van der Waals surface area contributed by atoms with Crippen LogP contribution in [0.4, 0.5) is 23.0 Å². The van der Waals surface area contributed by atoms with E-state index in [-0.39, 0.29) is 16.7 Å². The maximum Gasteiger partial charge on any atom is 0.353 e. The third-order valence-electron chi connectivity index (χ3n) is 6.18. The van der Waals surface area contributed by atoms with Crippen LogP contribution in [0.5, 0.6) is 0 Å². The summed E-state index contributed by atoms with van der Waals surface area (Å²) in [6.45, 7) is 7.25. The van der Waals surface area contributed by atoms with Crippen LogP contribution in [0.3, 0.4) is 0 Å². The third kappa shape index (κ3) is 3.97. The highest BCUT2D eigenvalue weighted by molar-refractivity contribution is 5.71. The topological polar surface area (TPSA) is 87.4 Å². The van der Waals surface area contributed by atoms with Crippen LogP contribution < -0.4 is 15.1 Å². The van der Waals surface area contributed by atoms with E-state index in [1.165, 1.54) is 23.1 Å². The van der Waals surface area contributed by atoms with Gasteiger partial charge in [-0.3, -0.25) is 10.1 Å². The van der Waals surface area contributed by atoms with Gasteiger partial charge in [-0.25, -0.2) is 9.97 Å². The number of rotatable bonds is 5. The summed E-state index contributed by atoms with van der Waals surface area (Å²) in [7, 11) is 0. The van der Waals surface area contributed by atoms with Crippen LogP contribution in [-0.2, 0) is 0 Å². The number of nitrogens with zero attached hydrogens (tertiary/aromatic N) is 5. The Balaban J connectivity index is 1.53. The Morgan fingerprint density at radius 3 is 2.45 bits per heavy atom. The second-order valence-corrected chi connectivity index (χ2v) is 7.97. The van der Waals surface area contributed by atoms with Crippen molar-refractivity contribution in [3.8, 4) is 0 Å². The van der Waals surface area contributed by atoms with Gasteiger partial charge in [0.25, 0.3) is 0 Å². The summed E-state index contributed by atoms with van der Waals surface area (Å²) in [5.74, 6) is 0.773. The highest BCUT2D eigenvalue weighted by Gasteiger charge is 2.31. The van der Waals surface area contributed by atoms with Crippen molar-refractivity contribution in [2.75, 3.05) is 41.3 Å². The largest absolute Gasteiger partial charge is 0.368 e. The number of aromatic nitrogens is 2. The quantitative estimate of drug-likeness (QED) is 0.609. The van der Waals surface area contributed by atoms with Crippen LogP contribution in [0.25, 0.3) is 0 Å². The molecule has 8 nitrogen and oxygen atoms in total. The maximum absolute atomic E-state index is 11.9. The average molecular weight is 396 g/mol. The summed E-state index contributed by atoms with van der Waals surface area (Å²) in [5, 5.41) is 15.2. The standard InChI is InChI=1S/C21H28N6O2/c1-15-6-5-9-18(16(15)2)25-10-12-26(13-11-25)21-19(27(28)29)20(22-14-23-21)24-17-7-3-4-8-17/h5-6,9,14,17H,3-4,7-8,10-13H2,1-2H3,(H,22,23,24). The Morgan fingerprint density at radius 1 is 1.07 bits per heavy atom. The SMILES string of the molecule is Cc1cccc(N2CCN(c3ncnc(NC4CCCC4)c3[N+](=O)[O-])CC2)c1C. The van der Waals surface area contributed by atoms with Crippen LogP contribution in [0.1, 0.15) is 36.8 Å². The Hall–Kier alpha value is -2.90. The van der Waals surface area contributed by atoms with Crippen molar-refractivity contribution in [2.24, 2.45) is 0 Å². The fraction of sp³-hybridized carbons (Fsp3) is 0.524. The number of hydrogen-bond donors (Lipinski definition) is 1. The first kappa shape index (κ1) is 19.4. The first-order chi connectivity index (χ1) is 14.0. The lowest BCUT2D eigenvalue weighted by atomic mass is 10.1. The number of aryl methyl sites for hydroxylation is 1. The zero-order valence-electron chi connectivity index (χ0n) is 17.1. The zero-order chi connectivity index (χ0) is 20.4. The van der Waals surface area contributed by atoms with E-state index in [2.05, 4.69) is 52.2 Å². The molecule has 0 spiro atoms. The van der Waals surface area contributed by atoms with Gasteiger partial charge in [0.2, 0.25) is 11.6 Å². The molecule has 2 fully saturated rings. The van der Waals surface area contributed by atoms with Crippen molar-refractivity contribution in [1.29, 1.82) is 0 Å². The zero-order valence-corrected chi connectivity index (χ0v) is 17.1. The van der Waals surface area contributed by atoms with Crippen molar-refractivity contribution >= 4 is 23.0 Å².